The maximum atomic E-state index is 12.9. The number of halogens is 1. The van der Waals surface area contributed by atoms with Gasteiger partial charge in [0.05, 0.1) is 9.82 Å². The Balaban J connectivity index is 2.29. The largest absolute Gasteiger partial charge is 0.550 e. The number of benzene rings is 2. The molecule has 0 amide bonds. The van der Waals surface area contributed by atoms with Crippen LogP contribution in [0.1, 0.15) is 18.4 Å². The number of carbonyl (C=O) groups is 1. The molecule has 10 heteroatoms. The van der Waals surface area contributed by atoms with Gasteiger partial charge in [-0.1, -0.05) is 28.1 Å². The summed E-state index contributed by atoms with van der Waals surface area (Å²) in [7, 11) is -3.96. The van der Waals surface area contributed by atoms with E-state index in [0.29, 0.717) is 0 Å². The van der Waals surface area contributed by atoms with Crippen molar-refractivity contribution in [2.75, 3.05) is 6.54 Å². The van der Waals surface area contributed by atoms with Gasteiger partial charge in [0, 0.05) is 35.7 Å². The second-order valence-corrected chi connectivity index (χ2v) is 8.55. The Labute approximate surface area is 164 Å². The molecule has 27 heavy (non-hydrogen) atoms. The standard InChI is InChI=1S/C17H17BrN2O6S/c18-14-5-3-13(4-6-14)12-19(11-1-2-17(21)22)27(25,26)16-9-7-15(8-10-16)20(23)24/h3-10H,1-2,11-12H2,(H,21,22)/p-1. The summed E-state index contributed by atoms with van der Waals surface area (Å²) in [5, 5.41) is 21.4. The number of hydrogen-bond acceptors (Lipinski definition) is 6. The van der Waals surface area contributed by atoms with Crippen molar-refractivity contribution < 1.29 is 23.2 Å². The van der Waals surface area contributed by atoms with Crippen LogP contribution in [0.2, 0.25) is 0 Å². The maximum Gasteiger partial charge on any atom is 0.269 e. The molecule has 144 valence electrons. The lowest BCUT2D eigenvalue weighted by Gasteiger charge is -2.22. The second-order valence-electron chi connectivity index (χ2n) is 5.69. The number of aliphatic carboxylic acids is 1. The highest BCUT2D eigenvalue weighted by Crippen LogP contribution is 2.22. The van der Waals surface area contributed by atoms with Gasteiger partial charge in [-0.2, -0.15) is 4.31 Å². The minimum atomic E-state index is -3.96. The molecule has 0 spiro atoms. The van der Waals surface area contributed by atoms with Crippen LogP contribution in [-0.2, 0) is 21.4 Å². The summed E-state index contributed by atoms with van der Waals surface area (Å²) in [4.78, 5) is 20.7. The second kappa shape index (κ2) is 9.07. The summed E-state index contributed by atoms with van der Waals surface area (Å²) in [6.07, 6.45) is -0.183. The van der Waals surface area contributed by atoms with Crippen LogP contribution in [0.3, 0.4) is 0 Å². The van der Waals surface area contributed by atoms with Crippen LogP contribution in [0.25, 0.3) is 0 Å². The van der Waals surface area contributed by atoms with E-state index in [-0.39, 0.29) is 36.5 Å². The molecular weight excluding hydrogens is 440 g/mol. The van der Waals surface area contributed by atoms with Crippen molar-refractivity contribution >= 4 is 37.6 Å². The lowest BCUT2D eigenvalue weighted by molar-refractivity contribution is -0.384. The summed E-state index contributed by atoms with van der Waals surface area (Å²) in [5.74, 6) is -1.26. The molecule has 0 atom stereocenters. The van der Waals surface area contributed by atoms with E-state index >= 15 is 0 Å². The number of sulfonamides is 1. The van der Waals surface area contributed by atoms with E-state index in [0.717, 1.165) is 26.5 Å². The molecule has 0 saturated heterocycles. The zero-order valence-corrected chi connectivity index (χ0v) is 16.5. The molecule has 0 aromatic heterocycles. The Morgan fingerprint density at radius 1 is 1.07 bits per heavy atom. The van der Waals surface area contributed by atoms with Crippen LogP contribution in [-0.4, -0.2) is 30.2 Å². The van der Waals surface area contributed by atoms with Gasteiger partial charge >= 0.3 is 0 Å². The van der Waals surface area contributed by atoms with Gasteiger partial charge < -0.3 is 9.90 Å². The molecule has 0 heterocycles. The fourth-order valence-electron chi connectivity index (χ4n) is 2.37. The number of nitro benzene ring substituents is 1. The van der Waals surface area contributed by atoms with Crippen molar-refractivity contribution in [2.45, 2.75) is 24.3 Å². The summed E-state index contributed by atoms with van der Waals surface area (Å²) < 4.78 is 27.9. The fraction of sp³-hybridized carbons (Fsp3) is 0.235. The molecule has 0 bridgehead atoms. The Morgan fingerprint density at radius 3 is 2.19 bits per heavy atom. The van der Waals surface area contributed by atoms with Crippen LogP contribution in [0.15, 0.2) is 57.9 Å². The highest BCUT2D eigenvalue weighted by Gasteiger charge is 2.25. The van der Waals surface area contributed by atoms with Crippen LogP contribution in [0.4, 0.5) is 5.69 Å². The van der Waals surface area contributed by atoms with E-state index in [9.17, 15) is 28.4 Å². The molecule has 0 aliphatic heterocycles. The first kappa shape index (κ1) is 21.0. The van der Waals surface area contributed by atoms with Crippen molar-refractivity contribution in [3.8, 4) is 0 Å². The third-order valence-electron chi connectivity index (χ3n) is 3.75. The molecule has 0 radical (unpaired) electrons. The molecule has 0 fully saturated rings. The molecule has 0 saturated carbocycles. The molecule has 0 unspecified atom stereocenters. The van der Waals surface area contributed by atoms with Crippen molar-refractivity contribution in [1.82, 2.24) is 4.31 Å². The van der Waals surface area contributed by atoms with E-state index in [1.165, 1.54) is 12.1 Å². The smallest absolute Gasteiger partial charge is 0.269 e. The maximum absolute atomic E-state index is 12.9. The predicted molar refractivity (Wildman–Crippen MR) is 99.1 cm³/mol. The molecule has 2 aromatic carbocycles. The van der Waals surface area contributed by atoms with E-state index in [1.54, 1.807) is 24.3 Å². The molecule has 0 aliphatic carbocycles. The monoisotopic (exact) mass is 455 g/mol. The van der Waals surface area contributed by atoms with E-state index in [2.05, 4.69) is 15.9 Å². The third kappa shape index (κ3) is 5.84. The van der Waals surface area contributed by atoms with Crippen LogP contribution >= 0.6 is 15.9 Å². The predicted octanol–water partition coefficient (Wildman–Crippen LogP) is 2.08. The first-order chi connectivity index (χ1) is 12.7. The Hall–Kier alpha value is -2.30. The number of nitrogens with zero attached hydrogens (tertiary/aromatic N) is 2. The first-order valence-electron chi connectivity index (χ1n) is 7.89. The van der Waals surface area contributed by atoms with Crippen LogP contribution < -0.4 is 5.11 Å². The average Bonchev–Trinajstić information content (AvgIpc) is 2.62. The Bertz CT molecular complexity index is 913. The molecule has 0 N–H and O–H groups in total. The number of nitro groups is 1. The van der Waals surface area contributed by atoms with Gasteiger partial charge in [-0.25, -0.2) is 8.42 Å². The highest BCUT2D eigenvalue weighted by molar-refractivity contribution is 9.10. The van der Waals surface area contributed by atoms with Gasteiger partial charge in [-0.15, -0.1) is 0 Å². The summed E-state index contributed by atoms with van der Waals surface area (Å²) in [5.41, 5.74) is 0.502. The zero-order valence-electron chi connectivity index (χ0n) is 14.1. The molecule has 2 rings (SSSR count). The van der Waals surface area contributed by atoms with Gasteiger partial charge in [0.2, 0.25) is 10.0 Å². The van der Waals surface area contributed by atoms with Crippen molar-refractivity contribution in [3.63, 3.8) is 0 Å². The fourth-order valence-corrected chi connectivity index (χ4v) is 4.10. The van der Waals surface area contributed by atoms with Crippen LogP contribution in [0.5, 0.6) is 0 Å². The lowest BCUT2D eigenvalue weighted by atomic mass is 10.2. The summed E-state index contributed by atoms with van der Waals surface area (Å²) in [6.45, 7) is 0.0169. The highest BCUT2D eigenvalue weighted by atomic mass is 79.9. The summed E-state index contributed by atoms with van der Waals surface area (Å²) in [6, 6.07) is 11.6. The van der Waals surface area contributed by atoms with Crippen LogP contribution in [0, 0.1) is 10.1 Å². The SMILES string of the molecule is O=C([O-])CCCN(Cc1ccc(Br)cc1)S(=O)(=O)c1ccc([N+](=O)[O-])cc1. The van der Waals surface area contributed by atoms with Crippen molar-refractivity contribution in [2.24, 2.45) is 0 Å². The van der Waals surface area contributed by atoms with Crippen molar-refractivity contribution in [1.29, 1.82) is 0 Å². The molecule has 0 aliphatic rings. The van der Waals surface area contributed by atoms with Gasteiger partial charge in [0.15, 0.2) is 0 Å². The number of non-ortho nitro benzene ring substituents is 1. The number of carboxylic acids is 1. The minimum Gasteiger partial charge on any atom is -0.550 e. The van der Waals surface area contributed by atoms with E-state index < -0.39 is 20.9 Å². The normalized spacial score (nSPS) is 11.5. The van der Waals surface area contributed by atoms with Crippen molar-refractivity contribution in [3.05, 3.63) is 68.7 Å². The van der Waals surface area contributed by atoms with E-state index in [4.69, 9.17) is 0 Å². The van der Waals surface area contributed by atoms with Gasteiger partial charge in [-0.05, 0) is 42.7 Å². The topological polar surface area (TPSA) is 121 Å². The number of hydrogen-bond donors (Lipinski definition) is 0. The average molecular weight is 456 g/mol. The quantitative estimate of drug-likeness (QED) is 0.421. The third-order valence-corrected chi connectivity index (χ3v) is 6.13. The molecular formula is C17H16BrN2O6S-. The number of rotatable bonds is 9. The molecule has 8 nitrogen and oxygen atoms in total. The van der Waals surface area contributed by atoms with Gasteiger partial charge in [0.1, 0.15) is 0 Å². The number of carbonyl (C=O) groups excluding carboxylic acids is 1. The van der Waals surface area contributed by atoms with E-state index in [1.807, 2.05) is 0 Å². The minimum absolute atomic E-state index is 0.0244. The lowest BCUT2D eigenvalue weighted by Crippen LogP contribution is -2.33. The van der Waals surface area contributed by atoms with Gasteiger partial charge in [0.25, 0.3) is 5.69 Å². The Morgan fingerprint density at radius 2 is 1.67 bits per heavy atom. The molecule has 2 aromatic rings. The summed E-state index contributed by atoms with van der Waals surface area (Å²) >= 11 is 3.31. The van der Waals surface area contributed by atoms with Gasteiger partial charge in [-0.3, -0.25) is 10.1 Å². The first-order valence-corrected chi connectivity index (χ1v) is 10.1. The Kier molecular flexibility index (Phi) is 7.05. The zero-order chi connectivity index (χ0) is 20.0. The number of carboxylic acid groups (broad SMARTS) is 1.